The van der Waals surface area contributed by atoms with Crippen LogP contribution in [-0.4, -0.2) is 18.2 Å². The Labute approximate surface area is 122 Å². The summed E-state index contributed by atoms with van der Waals surface area (Å²) in [6.45, 7) is 1.93. The monoisotopic (exact) mass is 307 g/mol. The molecule has 1 aromatic rings. The van der Waals surface area contributed by atoms with Crippen LogP contribution in [0.4, 0.5) is 0 Å². The Hall–Kier alpha value is 0.01000. The molecule has 0 amide bonds. The van der Waals surface area contributed by atoms with E-state index in [2.05, 4.69) is 5.32 Å². The Balaban J connectivity index is 2.09. The lowest BCUT2D eigenvalue weighted by atomic mass is 9.88. The SMILES string of the molecule is OC(c1ccc(C(Cl)(Cl)Cl)cc1)C1CCNCC1. The third-order valence-electron chi connectivity index (χ3n) is 3.41. The maximum atomic E-state index is 10.3. The molecule has 2 N–H and O–H groups in total. The van der Waals surface area contributed by atoms with Crippen molar-refractivity contribution in [1.82, 2.24) is 5.32 Å². The fourth-order valence-electron chi connectivity index (χ4n) is 2.30. The first kappa shape index (κ1) is 14.4. The third-order valence-corrected chi connectivity index (χ3v) is 4.06. The fraction of sp³-hybridized carbons (Fsp3) is 0.538. The Morgan fingerprint density at radius 1 is 1.11 bits per heavy atom. The van der Waals surface area contributed by atoms with E-state index in [-0.39, 0.29) is 0 Å². The van der Waals surface area contributed by atoms with Gasteiger partial charge in [-0.15, -0.1) is 0 Å². The highest BCUT2D eigenvalue weighted by Crippen LogP contribution is 2.39. The highest BCUT2D eigenvalue weighted by Gasteiger charge is 2.25. The van der Waals surface area contributed by atoms with Crippen LogP contribution in [0.1, 0.15) is 30.1 Å². The molecule has 1 fully saturated rings. The zero-order valence-corrected chi connectivity index (χ0v) is 12.1. The van der Waals surface area contributed by atoms with Gasteiger partial charge in [0.25, 0.3) is 0 Å². The first-order valence-electron chi connectivity index (χ1n) is 6.04. The molecular formula is C13H16Cl3NO. The van der Waals surface area contributed by atoms with Gasteiger partial charge >= 0.3 is 0 Å². The van der Waals surface area contributed by atoms with Crippen LogP contribution in [0.15, 0.2) is 24.3 Å². The summed E-state index contributed by atoms with van der Waals surface area (Å²) >= 11 is 17.4. The second kappa shape index (κ2) is 5.98. The summed E-state index contributed by atoms with van der Waals surface area (Å²) in [6, 6.07) is 7.19. The van der Waals surface area contributed by atoms with Crippen LogP contribution in [0.5, 0.6) is 0 Å². The zero-order chi connectivity index (χ0) is 13.2. The summed E-state index contributed by atoms with van der Waals surface area (Å²) in [5.41, 5.74) is 1.51. The number of nitrogens with one attached hydrogen (secondary N) is 1. The molecular weight excluding hydrogens is 293 g/mol. The van der Waals surface area contributed by atoms with E-state index in [0.29, 0.717) is 11.5 Å². The van der Waals surface area contributed by atoms with Gasteiger partial charge < -0.3 is 10.4 Å². The maximum Gasteiger partial charge on any atom is 0.216 e. The number of alkyl halides is 3. The minimum absolute atomic E-state index is 0.310. The zero-order valence-electron chi connectivity index (χ0n) is 9.87. The lowest BCUT2D eigenvalue weighted by Gasteiger charge is -2.27. The molecule has 1 saturated heterocycles. The second-order valence-electron chi connectivity index (χ2n) is 4.65. The number of aliphatic hydroxyl groups excluding tert-OH is 1. The molecule has 0 saturated carbocycles. The molecule has 0 aliphatic carbocycles. The van der Waals surface area contributed by atoms with Gasteiger partial charge in [0, 0.05) is 5.56 Å². The topological polar surface area (TPSA) is 32.3 Å². The minimum atomic E-state index is -1.40. The number of benzene rings is 1. The normalized spacial score (nSPS) is 19.8. The molecule has 2 nitrogen and oxygen atoms in total. The van der Waals surface area contributed by atoms with Crippen molar-refractivity contribution in [3.8, 4) is 0 Å². The third kappa shape index (κ3) is 3.52. The molecule has 0 bridgehead atoms. The average molecular weight is 309 g/mol. The van der Waals surface area contributed by atoms with E-state index < -0.39 is 9.90 Å². The average Bonchev–Trinajstić information content (AvgIpc) is 2.38. The summed E-state index contributed by atoms with van der Waals surface area (Å²) in [4.78, 5) is 0. The molecule has 18 heavy (non-hydrogen) atoms. The molecule has 1 heterocycles. The summed E-state index contributed by atoms with van der Waals surface area (Å²) in [6.07, 6.45) is 1.55. The van der Waals surface area contributed by atoms with E-state index in [0.717, 1.165) is 31.5 Å². The van der Waals surface area contributed by atoms with Crippen LogP contribution < -0.4 is 5.32 Å². The van der Waals surface area contributed by atoms with Gasteiger partial charge in [0.05, 0.1) is 6.10 Å². The molecule has 1 atom stereocenters. The lowest BCUT2D eigenvalue weighted by molar-refractivity contribution is 0.0889. The number of rotatable bonds is 2. The van der Waals surface area contributed by atoms with Crippen molar-refractivity contribution in [2.24, 2.45) is 5.92 Å². The van der Waals surface area contributed by atoms with E-state index in [9.17, 15) is 5.11 Å². The van der Waals surface area contributed by atoms with Crippen molar-refractivity contribution in [1.29, 1.82) is 0 Å². The maximum absolute atomic E-state index is 10.3. The smallest absolute Gasteiger partial charge is 0.216 e. The van der Waals surface area contributed by atoms with Gasteiger partial charge in [0.1, 0.15) is 0 Å². The van der Waals surface area contributed by atoms with Crippen molar-refractivity contribution in [2.45, 2.75) is 22.7 Å². The van der Waals surface area contributed by atoms with E-state index in [4.69, 9.17) is 34.8 Å². The van der Waals surface area contributed by atoms with Gasteiger partial charge in [0.15, 0.2) is 0 Å². The minimum Gasteiger partial charge on any atom is -0.388 e. The van der Waals surface area contributed by atoms with E-state index in [1.165, 1.54) is 0 Å². The molecule has 0 aromatic heterocycles. The molecule has 1 aliphatic heterocycles. The number of hydrogen-bond donors (Lipinski definition) is 2. The molecule has 1 aromatic carbocycles. The first-order valence-corrected chi connectivity index (χ1v) is 7.18. The van der Waals surface area contributed by atoms with Gasteiger partial charge in [-0.25, -0.2) is 0 Å². The van der Waals surface area contributed by atoms with Gasteiger partial charge in [-0.1, -0.05) is 59.1 Å². The quantitative estimate of drug-likeness (QED) is 0.819. The summed E-state index contributed by atoms with van der Waals surface area (Å²) in [5, 5.41) is 13.6. The van der Waals surface area contributed by atoms with E-state index >= 15 is 0 Å². The Morgan fingerprint density at radius 3 is 2.17 bits per heavy atom. The lowest BCUT2D eigenvalue weighted by Crippen LogP contribution is -2.30. The predicted molar refractivity (Wildman–Crippen MR) is 76.2 cm³/mol. The molecule has 5 heteroatoms. The van der Waals surface area contributed by atoms with Crippen LogP contribution in [0.3, 0.4) is 0 Å². The molecule has 1 aliphatic rings. The Bertz CT molecular complexity index is 382. The fourth-order valence-corrected chi connectivity index (χ4v) is 2.68. The number of halogens is 3. The Kier molecular flexibility index (Phi) is 4.79. The second-order valence-corrected chi connectivity index (χ2v) is 6.93. The van der Waals surface area contributed by atoms with Gasteiger partial charge in [-0.2, -0.15) is 0 Å². The summed E-state index contributed by atoms with van der Waals surface area (Å²) in [7, 11) is 0. The van der Waals surface area contributed by atoms with E-state index in [1.807, 2.05) is 12.1 Å². The van der Waals surface area contributed by atoms with Crippen LogP contribution in [0.2, 0.25) is 0 Å². The standard InChI is InChI=1S/C13H16Cl3NO/c14-13(15,16)11-3-1-9(2-4-11)12(18)10-5-7-17-8-6-10/h1-4,10,12,17-18H,5-8H2. The van der Waals surface area contributed by atoms with E-state index in [1.54, 1.807) is 12.1 Å². The summed E-state index contributed by atoms with van der Waals surface area (Å²) < 4.78 is -1.40. The summed E-state index contributed by atoms with van der Waals surface area (Å²) in [5.74, 6) is 0.310. The van der Waals surface area contributed by atoms with Gasteiger partial charge in [-0.3, -0.25) is 0 Å². The molecule has 1 unspecified atom stereocenters. The van der Waals surface area contributed by atoms with Crippen molar-refractivity contribution in [3.05, 3.63) is 35.4 Å². The highest BCUT2D eigenvalue weighted by molar-refractivity contribution is 6.66. The largest absolute Gasteiger partial charge is 0.388 e. The van der Waals surface area contributed by atoms with Crippen LogP contribution in [0.25, 0.3) is 0 Å². The van der Waals surface area contributed by atoms with Crippen molar-refractivity contribution in [3.63, 3.8) is 0 Å². The van der Waals surface area contributed by atoms with Crippen LogP contribution in [0, 0.1) is 5.92 Å². The van der Waals surface area contributed by atoms with Crippen LogP contribution in [-0.2, 0) is 3.79 Å². The number of piperidine rings is 1. The molecule has 0 radical (unpaired) electrons. The molecule has 2 rings (SSSR count). The first-order chi connectivity index (χ1) is 8.48. The highest BCUT2D eigenvalue weighted by atomic mass is 35.6. The molecule has 100 valence electrons. The predicted octanol–water partition coefficient (Wildman–Crippen LogP) is 3.55. The molecule has 0 spiro atoms. The Morgan fingerprint density at radius 2 is 1.67 bits per heavy atom. The number of aliphatic hydroxyl groups is 1. The van der Waals surface area contributed by atoms with Crippen LogP contribution >= 0.6 is 34.8 Å². The number of hydrogen-bond acceptors (Lipinski definition) is 2. The van der Waals surface area contributed by atoms with Crippen molar-refractivity contribution < 1.29 is 5.11 Å². The van der Waals surface area contributed by atoms with Crippen molar-refractivity contribution in [2.75, 3.05) is 13.1 Å². The van der Waals surface area contributed by atoms with Gasteiger partial charge in [-0.05, 0) is 37.4 Å². The van der Waals surface area contributed by atoms with Crippen molar-refractivity contribution >= 4 is 34.8 Å². The van der Waals surface area contributed by atoms with Gasteiger partial charge in [0.2, 0.25) is 3.79 Å².